The molecule has 0 aromatic carbocycles. The van der Waals surface area contributed by atoms with Crippen LogP contribution in [0.3, 0.4) is 0 Å². The van der Waals surface area contributed by atoms with Crippen molar-refractivity contribution in [3.8, 4) is 0 Å². The molecule has 1 amide bonds. The standard InChI is InChI=1S/C16H21N3O3/c1-7(2)16(6)15(22)18-13(19-16)12-11(14(20)21)9(4)8(3)10(5)17-12/h7H,1-6H3,(H,20,21)(H,18,19,22). The Labute approximate surface area is 129 Å². The highest BCUT2D eigenvalue weighted by Crippen LogP contribution is 2.28. The molecule has 0 bridgehead atoms. The van der Waals surface area contributed by atoms with Gasteiger partial charge in [0.2, 0.25) is 0 Å². The molecular formula is C16H21N3O3. The number of carboxylic acid groups (broad SMARTS) is 1. The van der Waals surface area contributed by atoms with E-state index in [1.807, 2.05) is 27.7 Å². The summed E-state index contributed by atoms with van der Waals surface area (Å²) < 4.78 is 0. The smallest absolute Gasteiger partial charge is 0.338 e. The van der Waals surface area contributed by atoms with Gasteiger partial charge in [0.05, 0.1) is 5.56 Å². The third-order valence-electron chi connectivity index (χ3n) is 4.59. The van der Waals surface area contributed by atoms with E-state index in [2.05, 4.69) is 15.3 Å². The molecule has 22 heavy (non-hydrogen) atoms. The number of amides is 1. The second-order valence-corrected chi connectivity index (χ2v) is 6.19. The number of hydrogen-bond acceptors (Lipinski definition) is 4. The number of aromatic carboxylic acids is 1. The predicted molar refractivity (Wildman–Crippen MR) is 83.3 cm³/mol. The fourth-order valence-corrected chi connectivity index (χ4v) is 2.43. The van der Waals surface area contributed by atoms with Crippen molar-refractivity contribution in [2.75, 3.05) is 0 Å². The normalized spacial score (nSPS) is 21.0. The summed E-state index contributed by atoms with van der Waals surface area (Å²) in [4.78, 5) is 32.7. The van der Waals surface area contributed by atoms with Crippen LogP contribution in [-0.2, 0) is 4.79 Å². The molecular weight excluding hydrogens is 282 g/mol. The summed E-state index contributed by atoms with van der Waals surface area (Å²) in [6, 6.07) is 0. The van der Waals surface area contributed by atoms with Gasteiger partial charge in [0.25, 0.3) is 5.91 Å². The molecule has 1 aliphatic rings. The zero-order valence-corrected chi connectivity index (χ0v) is 13.7. The monoisotopic (exact) mass is 303 g/mol. The van der Waals surface area contributed by atoms with E-state index in [0.29, 0.717) is 5.56 Å². The lowest BCUT2D eigenvalue weighted by Gasteiger charge is -2.21. The highest BCUT2D eigenvalue weighted by Gasteiger charge is 2.43. The van der Waals surface area contributed by atoms with E-state index >= 15 is 0 Å². The van der Waals surface area contributed by atoms with Crippen LogP contribution in [0.15, 0.2) is 4.99 Å². The molecule has 118 valence electrons. The number of amidine groups is 1. The Bertz CT molecular complexity index is 707. The SMILES string of the molecule is Cc1nc(C2=NC(C)(C(C)C)C(=O)N2)c(C(=O)O)c(C)c1C. The molecule has 1 atom stereocenters. The first-order valence-corrected chi connectivity index (χ1v) is 7.22. The summed E-state index contributed by atoms with van der Waals surface area (Å²) in [5.41, 5.74) is 1.62. The molecule has 2 N–H and O–H groups in total. The van der Waals surface area contributed by atoms with Crippen molar-refractivity contribution in [2.24, 2.45) is 10.9 Å². The topological polar surface area (TPSA) is 91.7 Å². The zero-order valence-electron chi connectivity index (χ0n) is 13.7. The van der Waals surface area contributed by atoms with Gasteiger partial charge in [0, 0.05) is 5.69 Å². The lowest BCUT2D eigenvalue weighted by Crippen LogP contribution is -2.41. The molecule has 0 fully saturated rings. The zero-order chi connectivity index (χ0) is 16.8. The molecule has 1 aromatic heterocycles. The van der Waals surface area contributed by atoms with Gasteiger partial charge in [-0.2, -0.15) is 0 Å². The van der Waals surface area contributed by atoms with Crippen molar-refractivity contribution in [1.82, 2.24) is 10.3 Å². The first-order chi connectivity index (χ1) is 10.1. The van der Waals surface area contributed by atoms with Crippen LogP contribution in [-0.4, -0.2) is 33.3 Å². The average molecular weight is 303 g/mol. The summed E-state index contributed by atoms with van der Waals surface area (Å²) in [5, 5.41) is 12.2. The number of aliphatic imine (C=N–C) groups is 1. The van der Waals surface area contributed by atoms with Crippen molar-refractivity contribution < 1.29 is 14.7 Å². The molecule has 1 unspecified atom stereocenters. The van der Waals surface area contributed by atoms with E-state index in [1.54, 1.807) is 13.8 Å². The van der Waals surface area contributed by atoms with Crippen LogP contribution in [0.5, 0.6) is 0 Å². The minimum Gasteiger partial charge on any atom is -0.478 e. The van der Waals surface area contributed by atoms with Gasteiger partial charge < -0.3 is 10.4 Å². The summed E-state index contributed by atoms with van der Waals surface area (Å²) >= 11 is 0. The number of nitrogens with one attached hydrogen (secondary N) is 1. The van der Waals surface area contributed by atoms with Crippen LogP contribution < -0.4 is 5.32 Å². The van der Waals surface area contributed by atoms with Gasteiger partial charge in [-0.3, -0.25) is 4.79 Å². The molecule has 6 heteroatoms. The average Bonchev–Trinajstić information content (AvgIpc) is 2.72. The summed E-state index contributed by atoms with van der Waals surface area (Å²) in [5.74, 6) is -1.07. The Morgan fingerprint density at radius 3 is 2.27 bits per heavy atom. The van der Waals surface area contributed by atoms with E-state index < -0.39 is 11.5 Å². The van der Waals surface area contributed by atoms with Crippen LogP contribution in [0.2, 0.25) is 0 Å². The summed E-state index contributed by atoms with van der Waals surface area (Å²) in [6.07, 6.45) is 0. The van der Waals surface area contributed by atoms with Crippen molar-refractivity contribution in [3.63, 3.8) is 0 Å². The molecule has 6 nitrogen and oxygen atoms in total. The maximum atomic E-state index is 12.2. The number of carbonyl (C=O) groups excluding carboxylic acids is 1. The van der Waals surface area contributed by atoms with Gasteiger partial charge in [-0.1, -0.05) is 13.8 Å². The number of pyridine rings is 1. The van der Waals surface area contributed by atoms with Gasteiger partial charge in [0.1, 0.15) is 11.2 Å². The van der Waals surface area contributed by atoms with Gasteiger partial charge in [0.15, 0.2) is 5.84 Å². The highest BCUT2D eigenvalue weighted by molar-refractivity contribution is 6.17. The third kappa shape index (κ3) is 2.28. The first kappa shape index (κ1) is 16.1. The number of hydrogen-bond donors (Lipinski definition) is 2. The Morgan fingerprint density at radius 2 is 1.82 bits per heavy atom. The second-order valence-electron chi connectivity index (χ2n) is 6.19. The van der Waals surface area contributed by atoms with Gasteiger partial charge in [-0.05, 0) is 44.7 Å². The maximum absolute atomic E-state index is 12.2. The fourth-order valence-electron chi connectivity index (χ4n) is 2.43. The number of aryl methyl sites for hydroxylation is 1. The third-order valence-corrected chi connectivity index (χ3v) is 4.59. The van der Waals surface area contributed by atoms with Crippen LogP contribution >= 0.6 is 0 Å². The lowest BCUT2D eigenvalue weighted by molar-refractivity contribution is -0.124. The van der Waals surface area contributed by atoms with E-state index in [0.717, 1.165) is 11.3 Å². The largest absolute Gasteiger partial charge is 0.478 e. The Kier molecular flexibility index (Phi) is 3.81. The minimum atomic E-state index is -1.07. The molecule has 0 radical (unpaired) electrons. The van der Waals surface area contributed by atoms with E-state index in [4.69, 9.17) is 0 Å². The number of carboxylic acids is 1. The van der Waals surface area contributed by atoms with Crippen molar-refractivity contribution in [1.29, 1.82) is 0 Å². The first-order valence-electron chi connectivity index (χ1n) is 7.22. The lowest BCUT2D eigenvalue weighted by atomic mass is 9.89. The number of rotatable bonds is 3. The Balaban J connectivity index is 2.69. The summed E-state index contributed by atoms with van der Waals surface area (Å²) in [7, 11) is 0. The Morgan fingerprint density at radius 1 is 1.23 bits per heavy atom. The van der Waals surface area contributed by atoms with E-state index in [9.17, 15) is 14.7 Å². The quantitative estimate of drug-likeness (QED) is 0.893. The van der Waals surface area contributed by atoms with Crippen LogP contribution in [0.1, 0.15) is 53.6 Å². The molecule has 1 aliphatic heterocycles. The molecule has 2 heterocycles. The van der Waals surface area contributed by atoms with Crippen molar-refractivity contribution in [2.45, 2.75) is 47.1 Å². The van der Waals surface area contributed by atoms with Crippen molar-refractivity contribution in [3.05, 3.63) is 28.1 Å². The van der Waals surface area contributed by atoms with Gasteiger partial charge in [-0.15, -0.1) is 0 Å². The number of carbonyl (C=O) groups is 2. The highest BCUT2D eigenvalue weighted by atomic mass is 16.4. The molecule has 2 rings (SSSR count). The summed E-state index contributed by atoms with van der Waals surface area (Å²) in [6.45, 7) is 11.0. The molecule has 0 saturated carbocycles. The minimum absolute atomic E-state index is 0.00841. The van der Waals surface area contributed by atoms with Crippen LogP contribution in [0.25, 0.3) is 0 Å². The van der Waals surface area contributed by atoms with Gasteiger partial charge >= 0.3 is 5.97 Å². The molecule has 1 aromatic rings. The molecule has 0 aliphatic carbocycles. The molecule has 0 saturated heterocycles. The van der Waals surface area contributed by atoms with Crippen LogP contribution in [0.4, 0.5) is 0 Å². The molecule has 0 spiro atoms. The van der Waals surface area contributed by atoms with E-state index in [1.165, 1.54) is 0 Å². The van der Waals surface area contributed by atoms with E-state index in [-0.39, 0.29) is 28.9 Å². The Hall–Kier alpha value is -2.24. The number of nitrogens with zero attached hydrogens (tertiary/aromatic N) is 2. The maximum Gasteiger partial charge on any atom is 0.338 e. The van der Waals surface area contributed by atoms with Gasteiger partial charge in [-0.25, -0.2) is 14.8 Å². The van der Waals surface area contributed by atoms with Crippen molar-refractivity contribution >= 4 is 17.7 Å². The second kappa shape index (κ2) is 5.19. The fraction of sp³-hybridized carbons (Fsp3) is 0.500. The predicted octanol–water partition coefficient (Wildman–Crippen LogP) is 2.00. The number of aromatic nitrogens is 1. The van der Waals surface area contributed by atoms with Crippen LogP contribution in [0, 0.1) is 26.7 Å².